The van der Waals surface area contributed by atoms with Crippen LogP contribution in [-0.2, 0) is 9.59 Å². The molecule has 0 atom stereocenters. The third-order valence-electron chi connectivity index (χ3n) is 1.14. The molecule has 0 amide bonds. The Hall–Kier alpha value is 0.0400. The highest BCUT2D eigenvalue weighted by Crippen LogP contribution is 2.14. The Balaban J connectivity index is 3.39. The highest BCUT2D eigenvalue weighted by Gasteiger charge is 2.05. The van der Waals surface area contributed by atoms with Gasteiger partial charge in [-0.2, -0.15) is 0 Å². The second kappa shape index (κ2) is 6.54. The number of hydrogen-bond donors (Lipinski definition) is 0. The monoisotopic (exact) mass is 206 g/mol. The second-order valence-electron chi connectivity index (χ2n) is 2.71. The summed E-state index contributed by atoms with van der Waals surface area (Å²) in [6.07, 6.45) is 0. The van der Waals surface area contributed by atoms with Crippen molar-refractivity contribution in [1.82, 2.24) is 0 Å². The fourth-order valence-electron chi connectivity index (χ4n) is 0.567. The fourth-order valence-corrected chi connectivity index (χ4v) is 1.99. The Bertz CT molecular complexity index is 150. The normalized spacial score (nSPS) is 10.3. The molecule has 0 N–H and O–H groups in total. The smallest absolute Gasteiger partial charge is 0.185 e. The van der Waals surface area contributed by atoms with Gasteiger partial charge in [-0.05, 0) is 5.92 Å². The molecule has 0 aliphatic rings. The minimum atomic E-state index is 0.148. The van der Waals surface area contributed by atoms with Gasteiger partial charge in [0.05, 0.1) is 0 Å². The van der Waals surface area contributed by atoms with E-state index < -0.39 is 0 Å². The van der Waals surface area contributed by atoms with Crippen molar-refractivity contribution in [3.8, 4) is 0 Å². The van der Waals surface area contributed by atoms with Crippen molar-refractivity contribution in [2.45, 2.75) is 20.8 Å². The van der Waals surface area contributed by atoms with E-state index >= 15 is 0 Å². The van der Waals surface area contributed by atoms with Gasteiger partial charge in [-0.1, -0.05) is 30.4 Å². The van der Waals surface area contributed by atoms with Crippen molar-refractivity contribution in [3.05, 3.63) is 0 Å². The summed E-state index contributed by atoms with van der Waals surface area (Å²) in [5.74, 6) is 2.05. The van der Waals surface area contributed by atoms with Crippen molar-refractivity contribution < 1.29 is 9.59 Å². The zero-order valence-electron chi connectivity index (χ0n) is 7.62. The summed E-state index contributed by atoms with van der Waals surface area (Å²) in [6, 6.07) is 0. The van der Waals surface area contributed by atoms with E-state index in [-0.39, 0.29) is 10.2 Å². The SMILES string of the molecule is CC(=O)SCC(C)CSC(C)=O. The molecular formula is C8H14O2S2. The third kappa shape index (κ3) is 8.14. The van der Waals surface area contributed by atoms with E-state index in [9.17, 15) is 9.59 Å². The van der Waals surface area contributed by atoms with Crippen LogP contribution in [0, 0.1) is 5.92 Å². The van der Waals surface area contributed by atoms with Crippen LogP contribution in [0.25, 0.3) is 0 Å². The quantitative estimate of drug-likeness (QED) is 0.706. The third-order valence-corrected chi connectivity index (χ3v) is 3.43. The topological polar surface area (TPSA) is 34.1 Å². The maximum Gasteiger partial charge on any atom is 0.185 e. The predicted octanol–water partition coefficient (Wildman–Crippen LogP) is 2.18. The van der Waals surface area contributed by atoms with Crippen molar-refractivity contribution in [2.75, 3.05) is 11.5 Å². The summed E-state index contributed by atoms with van der Waals surface area (Å²) < 4.78 is 0. The van der Waals surface area contributed by atoms with Gasteiger partial charge in [0, 0.05) is 25.4 Å². The molecule has 0 aromatic heterocycles. The Labute approximate surface area is 81.9 Å². The molecule has 0 radical (unpaired) electrons. The van der Waals surface area contributed by atoms with Gasteiger partial charge in [-0.3, -0.25) is 9.59 Å². The Morgan fingerprint density at radius 3 is 1.67 bits per heavy atom. The summed E-state index contributed by atoms with van der Waals surface area (Å²) in [5.41, 5.74) is 0. The largest absolute Gasteiger partial charge is 0.288 e. The molecule has 12 heavy (non-hydrogen) atoms. The van der Waals surface area contributed by atoms with E-state index in [1.807, 2.05) is 6.92 Å². The van der Waals surface area contributed by atoms with Crippen LogP contribution in [0.3, 0.4) is 0 Å². The number of carbonyl (C=O) groups is 2. The second-order valence-corrected chi connectivity index (χ2v) is 5.10. The van der Waals surface area contributed by atoms with Gasteiger partial charge in [0.1, 0.15) is 0 Å². The molecule has 0 saturated carbocycles. The average Bonchev–Trinajstić information content (AvgIpc) is 1.96. The van der Waals surface area contributed by atoms with Crippen LogP contribution in [0.5, 0.6) is 0 Å². The van der Waals surface area contributed by atoms with Crippen molar-refractivity contribution in [3.63, 3.8) is 0 Å². The minimum Gasteiger partial charge on any atom is -0.288 e. The predicted molar refractivity (Wildman–Crippen MR) is 55.4 cm³/mol. The first-order valence-electron chi connectivity index (χ1n) is 3.79. The van der Waals surface area contributed by atoms with Crippen LogP contribution < -0.4 is 0 Å². The first-order valence-corrected chi connectivity index (χ1v) is 5.76. The molecule has 0 fully saturated rings. The summed E-state index contributed by atoms with van der Waals surface area (Å²) in [4.78, 5) is 21.2. The molecule has 70 valence electrons. The van der Waals surface area contributed by atoms with Crippen molar-refractivity contribution in [1.29, 1.82) is 0 Å². The van der Waals surface area contributed by atoms with E-state index in [1.54, 1.807) is 13.8 Å². The Kier molecular flexibility index (Phi) is 6.57. The molecule has 4 heteroatoms. The molecule has 0 bridgehead atoms. The Morgan fingerprint density at radius 1 is 1.08 bits per heavy atom. The van der Waals surface area contributed by atoms with Gasteiger partial charge in [0.2, 0.25) is 0 Å². The summed E-state index contributed by atoms with van der Waals surface area (Å²) in [7, 11) is 0. The molecule has 0 saturated heterocycles. The van der Waals surface area contributed by atoms with Gasteiger partial charge in [-0.25, -0.2) is 0 Å². The van der Waals surface area contributed by atoms with E-state index in [0.29, 0.717) is 5.92 Å². The maximum absolute atomic E-state index is 10.6. The van der Waals surface area contributed by atoms with Crippen LogP contribution in [0.15, 0.2) is 0 Å². The molecule has 2 nitrogen and oxygen atoms in total. The Morgan fingerprint density at radius 2 is 1.42 bits per heavy atom. The van der Waals surface area contributed by atoms with Gasteiger partial charge in [0.25, 0.3) is 0 Å². The molecular weight excluding hydrogens is 192 g/mol. The maximum atomic E-state index is 10.6. The lowest BCUT2D eigenvalue weighted by Gasteiger charge is -2.06. The summed E-state index contributed by atoms with van der Waals surface area (Å²) in [5, 5.41) is 0.296. The molecule has 0 aromatic rings. The average molecular weight is 206 g/mol. The standard InChI is InChI=1S/C8H14O2S2/c1-6(4-11-7(2)9)5-12-8(3)10/h6H,4-5H2,1-3H3. The molecule has 0 aliphatic carbocycles. The lowest BCUT2D eigenvalue weighted by Crippen LogP contribution is -2.04. The van der Waals surface area contributed by atoms with Gasteiger partial charge < -0.3 is 0 Å². The minimum absolute atomic E-state index is 0.148. The van der Waals surface area contributed by atoms with Crippen molar-refractivity contribution in [2.24, 2.45) is 5.92 Å². The summed E-state index contributed by atoms with van der Waals surface area (Å²) in [6.45, 7) is 5.18. The van der Waals surface area contributed by atoms with E-state index in [0.717, 1.165) is 11.5 Å². The summed E-state index contributed by atoms with van der Waals surface area (Å²) >= 11 is 2.65. The number of thioether (sulfide) groups is 2. The molecule has 0 spiro atoms. The zero-order chi connectivity index (χ0) is 9.56. The van der Waals surface area contributed by atoms with Gasteiger partial charge in [-0.15, -0.1) is 0 Å². The molecule has 0 aromatic carbocycles. The number of carbonyl (C=O) groups excluding carboxylic acids is 2. The van der Waals surface area contributed by atoms with E-state index in [1.165, 1.54) is 23.5 Å². The first-order chi connectivity index (χ1) is 5.52. The van der Waals surface area contributed by atoms with Crippen LogP contribution >= 0.6 is 23.5 Å². The van der Waals surface area contributed by atoms with Crippen LogP contribution in [0.4, 0.5) is 0 Å². The number of hydrogen-bond acceptors (Lipinski definition) is 4. The fraction of sp³-hybridized carbons (Fsp3) is 0.750. The van der Waals surface area contributed by atoms with Gasteiger partial charge >= 0.3 is 0 Å². The van der Waals surface area contributed by atoms with Crippen molar-refractivity contribution >= 4 is 33.8 Å². The highest BCUT2D eigenvalue weighted by molar-refractivity contribution is 8.14. The van der Waals surface area contributed by atoms with Crippen LogP contribution in [-0.4, -0.2) is 21.7 Å². The van der Waals surface area contributed by atoms with E-state index in [4.69, 9.17) is 0 Å². The molecule has 0 aliphatic heterocycles. The molecule has 0 rings (SSSR count). The first kappa shape index (κ1) is 12.0. The lowest BCUT2D eigenvalue weighted by molar-refractivity contribution is -0.109. The highest BCUT2D eigenvalue weighted by atomic mass is 32.2. The number of rotatable bonds is 4. The van der Waals surface area contributed by atoms with Crippen LogP contribution in [0.1, 0.15) is 20.8 Å². The van der Waals surface area contributed by atoms with Gasteiger partial charge in [0.15, 0.2) is 10.2 Å². The molecule has 0 heterocycles. The molecule has 0 unspecified atom stereocenters. The lowest BCUT2D eigenvalue weighted by atomic mass is 10.3. The van der Waals surface area contributed by atoms with Crippen LogP contribution in [0.2, 0.25) is 0 Å². The van der Waals surface area contributed by atoms with E-state index in [2.05, 4.69) is 0 Å². The zero-order valence-corrected chi connectivity index (χ0v) is 9.26.